The molecule has 0 radical (unpaired) electrons. The van der Waals surface area contributed by atoms with Crippen LogP contribution in [0.1, 0.15) is 55.8 Å². The fraction of sp³-hybridized carbons (Fsp3) is 0.417. The van der Waals surface area contributed by atoms with Gasteiger partial charge in [0, 0.05) is 11.1 Å². The van der Waals surface area contributed by atoms with Gasteiger partial charge in [-0.2, -0.15) is 0 Å². The highest BCUT2D eigenvalue weighted by Gasteiger charge is 2.45. The van der Waals surface area contributed by atoms with E-state index in [1.54, 1.807) is 52.8 Å². The third-order valence-electron chi connectivity index (χ3n) is 5.40. The summed E-state index contributed by atoms with van der Waals surface area (Å²) in [7, 11) is -8.05. The quantitative estimate of drug-likeness (QED) is 0.596. The molecule has 0 bridgehead atoms. The van der Waals surface area contributed by atoms with Gasteiger partial charge in [0.25, 0.3) is 5.91 Å². The monoisotopic (exact) mass is 507 g/mol. The maximum atomic E-state index is 13.4. The van der Waals surface area contributed by atoms with E-state index < -0.39 is 54.2 Å². The van der Waals surface area contributed by atoms with Crippen molar-refractivity contribution in [3.8, 4) is 0 Å². The van der Waals surface area contributed by atoms with E-state index in [0.717, 1.165) is 0 Å². The zero-order chi connectivity index (χ0) is 25.5. The molecule has 0 fully saturated rings. The number of esters is 1. The Balaban J connectivity index is 2.06. The second kappa shape index (κ2) is 9.14. The molecule has 10 heteroatoms. The topological polar surface area (TPSA) is 124 Å². The van der Waals surface area contributed by atoms with Gasteiger partial charge in [-0.15, -0.1) is 0 Å². The zero-order valence-corrected chi connectivity index (χ0v) is 21.4. The maximum Gasteiger partial charge on any atom is 0.329 e. The van der Waals surface area contributed by atoms with Crippen molar-refractivity contribution in [2.24, 2.45) is 5.92 Å². The molecule has 1 amide bonds. The Morgan fingerprint density at radius 2 is 1.65 bits per heavy atom. The van der Waals surface area contributed by atoms with Crippen LogP contribution in [0.2, 0.25) is 0 Å². The lowest BCUT2D eigenvalue weighted by atomic mass is 10.0. The number of sulfone groups is 2. The lowest BCUT2D eigenvalue weighted by molar-refractivity contribution is -0.158. The molecule has 1 heterocycles. The molecule has 0 saturated heterocycles. The van der Waals surface area contributed by atoms with Crippen molar-refractivity contribution in [1.82, 2.24) is 5.32 Å². The molecule has 0 spiro atoms. The predicted molar refractivity (Wildman–Crippen MR) is 127 cm³/mol. The standard InChI is InChI=1S/C24H29NO7S2/c1-15(2)21(23(27)32-24(3,4)5)25-22(26)17-12-9-13-18-20(17)19(14-33(18,28)29)34(30,31)16-10-7-6-8-11-16/h6-13,15,19,21H,14H2,1-5H3,(H,25,26)/t19?,21-/m0/s1. The summed E-state index contributed by atoms with van der Waals surface area (Å²) in [5.74, 6) is -2.37. The van der Waals surface area contributed by atoms with Crippen LogP contribution in [-0.2, 0) is 29.2 Å². The summed E-state index contributed by atoms with van der Waals surface area (Å²) in [6.07, 6.45) is 0. The van der Waals surface area contributed by atoms with E-state index in [2.05, 4.69) is 5.32 Å². The van der Waals surface area contributed by atoms with E-state index in [9.17, 15) is 26.4 Å². The fourth-order valence-electron chi connectivity index (χ4n) is 3.82. The zero-order valence-electron chi connectivity index (χ0n) is 19.7. The molecule has 2 aromatic carbocycles. The Kier molecular flexibility index (Phi) is 6.96. The summed E-state index contributed by atoms with van der Waals surface area (Å²) in [5.41, 5.74) is -0.945. The van der Waals surface area contributed by atoms with Gasteiger partial charge in [0.2, 0.25) is 0 Å². The molecule has 1 N–H and O–H groups in total. The number of fused-ring (bicyclic) bond motifs is 1. The van der Waals surface area contributed by atoms with Gasteiger partial charge in [-0.25, -0.2) is 21.6 Å². The minimum atomic E-state index is -4.12. The van der Waals surface area contributed by atoms with Gasteiger partial charge in [-0.05, 0) is 51.0 Å². The number of rotatable bonds is 6. The lowest BCUT2D eigenvalue weighted by Crippen LogP contribution is -2.47. The number of amides is 1. The highest BCUT2D eigenvalue weighted by molar-refractivity contribution is 7.96. The molecule has 8 nitrogen and oxygen atoms in total. The first-order valence-corrected chi connectivity index (χ1v) is 14.0. The third kappa shape index (κ3) is 5.17. The van der Waals surface area contributed by atoms with Gasteiger partial charge in [-0.3, -0.25) is 4.79 Å². The molecule has 0 saturated carbocycles. The summed E-state index contributed by atoms with van der Waals surface area (Å²) in [4.78, 5) is 25.8. The number of benzene rings is 2. The van der Waals surface area contributed by atoms with Crippen molar-refractivity contribution in [3.63, 3.8) is 0 Å². The Hall–Kier alpha value is -2.72. The molecule has 184 valence electrons. The van der Waals surface area contributed by atoms with Gasteiger partial charge in [-0.1, -0.05) is 38.1 Å². The molecular weight excluding hydrogens is 478 g/mol. The predicted octanol–water partition coefficient (Wildman–Crippen LogP) is 3.09. The second-order valence-corrected chi connectivity index (χ2v) is 13.7. The molecule has 2 aromatic rings. The van der Waals surface area contributed by atoms with Crippen LogP contribution in [0.3, 0.4) is 0 Å². The molecule has 1 unspecified atom stereocenters. The Morgan fingerprint density at radius 3 is 2.21 bits per heavy atom. The molecule has 1 aliphatic heterocycles. The van der Waals surface area contributed by atoms with Crippen LogP contribution in [-0.4, -0.2) is 46.1 Å². The van der Waals surface area contributed by atoms with Crippen LogP contribution in [0.15, 0.2) is 58.3 Å². The maximum absolute atomic E-state index is 13.4. The van der Waals surface area contributed by atoms with Crippen LogP contribution in [0, 0.1) is 5.92 Å². The highest BCUT2D eigenvalue weighted by Crippen LogP contribution is 2.43. The molecule has 34 heavy (non-hydrogen) atoms. The summed E-state index contributed by atoms with van der Waals surface area (Å²) < 4.78 is 57.9. The van der Waals surface area contributed by atoms with Crippen LogP contribution in [0.4, 0.5) is 0 Å². The molecule has 2 atom stereocenters. The number of hydrogen-bond donors (Lipinski definition) is 1. The van der Waals surface area contributed by atoms with E-state index in [1.165, 1.54) is 30.3 Å². The third-order valence-corrected chi connectivity index (χ3v) is 9.49. The molecule has 0 aliphatic carbocycles. The molecule has 0 aromatic heterocycles. The summed E-state index contributed by atoms with van der Waals surface area (Å²) in [5, 5.41) is 1.17. The van der Waals surface area contributed by atoms with Crippen molar-refractivity contribution >= 4 is 31.6 Å². The SMILES string of the molecule is CC(C)[C@H](NC(=O)c1cccc2c1C(S(=O)(=O)c1ccccc1)CS2(=O)=O)C(=O)OC(C)(C)C. The fourth-order valence-corrected chi connectivity index (χ4v) is 8.19. The minimum absolute atomic E-state index is 0.0351. The highest BCUT2D eigenvalue weighted by atomic mass is 32.2. The molecule has 3 rings (SSSR count). The van der Waals surface area contributed by atoms with Crippen LogP contribution >= 0.6 is 0 Å². The number of carbonyl (C=O) groups excluding carboxylic acids is 2. The smallest absolute Gasteiger partial charge is 0.329 e. The molecule has 1 aliphatic rings. The normalized spacial score (nSPS) is 18.2. The Labute approximate surface area is 200 Å². The van der Waals surface area contributed by atoms with Crippen molar-refractivity contribution in [2.75, 3.05) is 5.75 Å². The van der Waals surface area contributed by atoms with E-state index in [-0.39, 0.29) is 26.8 Å². The average Bonchev–Trinajstić information content (AvgIpc) is 3.02. The average molecular weight is 508 g/mol. The number of carbonyl (C=O) groups is 2. The van der Waals surface area contributed by atoms with Gasteiger partial charge >= 0.3 is 5.97 Å². The Bertz CT molecular complexity index is 1310. The molecular formula is C24H29NO7S2. The summed E-state index contributed by atoms with van der Waals surface area (Å²) in [6, 6.07) is 10.6. The van der Waals surface area contributed by atoms with Gasteiger partial charge < -0.3 is 10.1 Å². The van der Waals surface area contributed by atoms with Crippen molar-refractivity contribution in [2.45, 2.75) is 61.3 Å². The van der Waals surface area contributed by atoms with Crippen LogP contribution in [0.5, 0.6) is 0 Å². The van der Waals surface area contributed by atoms with E-state index in [4.69, 9.17) is 4.74 Å². The minimum Gasteiger partial charge on any atom is -0.458 e. The van der Waals surface area contributed by atoms with Crippen molar-refractivity contribution in [3.05, 3.63) is 59.7 Å². The first-order valence-electron chi connectivity index (χ1n) is 10.8. The van der Waals surface area contributed by atoms with Gasteiger partial charge in [0.1, 0.15) is 16.9 Å². The van der Waals surface area contributed by atoms with Crippen molar-refractivity contribution < 1.29 is 31.2 Å². The van der Waals surface area contributed by atoms with Crippen LogP contribution in [0.25, 0.3) is 0 Å². The van der Waals surface area contributed by atoms with E-state index in [0.29, 0.717) is 0 Å². The number of hydrogen-bond acceptors (Lipinski definition) is 7. The number of nitrogens with one attached hydrogen (secondary N) is 1. The van der Waals surface area contributed by atoms with Crippen LogP contribution < -0.4 is 5.32 Å². The lowest BCUT2D eigenvalue weighted by Gasteiger charge is -2.27. The van der Waals surface area contributed by atoms with Gasteiger partial charge in [0.15, 0.2) is 19.7 Å². The first-order chi connectivity index (χ1) is 15.6. The van der Waals surface area contributed by atoms with E-state index >= 15 is 0 Å². The number of ether oxygens (including phenoxy) is 1. The largest absolute Gasteiger partial charge is 0.458 e. The Morgan fingerprint density at radius 1 is 1.03 bits per heavy atom. The first kappa shape index (κ1) is 25.9. The second-order valence-electron chi connectivity index (χ2n) is 9.57. The summed E-state index contributed by atoms with van der Waals surface area (Å²) >= 11 is 0. The summed E-state index contributed by atoms with van der Waals surface area (Å²) in [6.45, 7) is 8.59. The van der Waals surface area contributed by atoms with Gasteiger partial charge in [0.05, 0.1) is 15.5 Å². The van der Waals surface area contributed by atoms with Crippen molar-refractivity contribution in [1.29, 1.82) is 0 Å². The van der Waals surface area contributed by atoms with E-state index in [1.807, 2.05) is 0 Å².